The zero-order valence-corrected chi connectivity index (χ0v) is 23.5. The van der Waals surface area contributed by atoms with Crippen LogP contribution < -0.4 is 4.74 Å². The van der Waals surface area contributed by atoms with Crippen LogP contribution in [0.1, 0.15) is 50.7 Å². The van der Waals surface area contributed by atoms with E-state index in [0.29, 0.717) is 5.75 Å². The third-order valence-electron chi connectivity index (χ3n) is 7.05. The Kier molecular flexibility index (Phi) is 12.3. The Morgan fingerprint density at radius 1 is 0.780 bits per heavy atom. The number of ether oxygens (including phenoxy) is 6. The maximum absolute atomic E-state index is 12.4. The van der Waals surface area contributed by atoms with Crippen LogP contribution in [0.5, 0.6) is 5.75 Å². The highest BCUT2D eigenvalue weighted by atomic mass is 16.8. The molecular weight excluding hydrogens is 548 g/mol. The fourth-order valence-corrected chi connectivity index (χ4v) is 4.70. The topological polar surface area (TPSA) is 214 Å². The molecule has 0 amide bonds. The quantitative estimate of drug-likeness (QED) is 0.0944. The number of hydrogen-bond donors (Lipinski definition) is 7. The third-order valence-corrected chi connectivity index (χ3v) is 7.05. The molecule has 1 aromatic rings. The smallest absolute Gasteiger partial charge is 0.432 e. The Labute approximate surface area is 237 Å². The lowest BCUT2D eigenvalue weighted by molar-refractivity contribution is -0.359. The maximum Gasteiger partial charge on any atom is 0.513 e. The molecule has 2 saturated heterocycles. The lowest BCUT2D eigenvalue weighted by Gasteiger charge is -2.45. The molecule has 0 spiro atoms. The fourth-order valence-electron chi connectivity index (χ4n) is 4.70. The monoisotopic (exact) mass is 590 g/mol. The number of rotatable bonds is 11. The zero-order chi connectivity index (χ0) is 30.4. The maximum atomic E-state index is 12.4. The predicted octanol–water partition coefficient (Wildman–Crippen LogP) is -0.910. The van der Waals surface area contributed by atoms with E-state index in [1.807, 2.05) is 45.9 Å². The summed E-state index contributed by atoms with van der Waals surface area (Å²) in [6.45, 7) is 5.98. The van der Waals surface area contributed by atoms with Gasteiger partial charge in [0.2, 0.25) is 0 Å². The summed E-state index contributed by atoms with van der Waals surface area (Å²) in [5.41, 5.74) is 1.71. The van der Waals surface area contributed by atoms with Crippen LogP contribution in [-0.4, -0.2) is 130 Å². The van der Waals surface area contributed by atoms with E-state index in [1.165, 1.54) is 0 Å². The van der Waals surface area contributed by atoms with Gasteiger partial charge in [0.05, 0.1) is 19.8 Å². The molecule has 0 bridgehead atoms. The van der Waals surface area contributed by atoms with Crippen LogP contribution in [0.25, 0.3) is 0 Å². The van der Waals surface area contributed by atoms with Gasteiger partial charge in [-0.3, -0.25) is 0 Å². The molecule has 10 atom stereocenters. The number of aliphatic hydroxyl groups is 7. The van der Waals surface area contributed by atoms with Gasteiger partial charge in [-0.2, -0.15) is 0 Å². The number of benzene rings is 1. The summed E-state index contributed by atoms with van der Waals surface area (Å²) in [7, 11) is 0. The molecule has 0 aliphatic carbocycles. The van der Waals surface area contributed by atoms with Crippen molar-refractivity contribution < 1.29 is 69.0 Å². The van der Waals surface area contributed by atoms with Gasteiger partial charge in [0.15, 0.2) is 12.6 Å². The van der Waals surface area contributed by atoms with Crippen LogP contribution in [0.15, 0.2) is 18.2 Å². The summed E-state index contributed by atoms with van der Waals surface area (Å²) in [6, 6.07) is 5.66. The highest BCUT2D eigenvalue weighted by molar-refractivity contribution is 5.66. The minimum absolute atomic E-state index is 0.101. The van der Waals surface area contributed by atoms with Crippen molar-refractivity contribution in [2.75, 3.05) is 26.4 Å². The normalized spacial score (nSPS) is 34.2. The second-order valence-corrected chi connectivity index (χ2v) is 10.7. The molecule has 0 radical (unpaired) electrons. The van der Waals surface area contributed by atoms with Crippen molar-refractivity contribution in [3.8, 4) is 5.75 Å². The van der Waals surface area contributed by atoms with Gasteiger partial charge in [-0.1, -0.05) is 45.9 Å². The molecule has 0 aromatic heterocycles. The first-order valence-corrected chi connectivity index (χ1v) is 13.6. The number of carbonyl (C=O) groups is 1. The largest absolute Gasteiger partial charge is 0.513 e. The molecule has 14 nitrogen and oxygen atoms in total. The molecule has 0 saturated carbocycles. The van der Waals surface area contributed by atoms with Gasteiger partial charge in [0, 0.05) is 0 Å². The first-order valence-electron chi connectivity index (χ1n) is 13.6. The van der Waals surface area contributed by atoms with E-state index in [9.17, 15) is 40.5 Å². The lowest BCUT2D eigenvalue weighted by atomic mass is 9.94. The van der Waals surface area contributed by atoms with Crippen LogP contribution in [0, 0.1) is 0 Å². The number of para-hydroxylation sites is 1. The summed E-state index contributed by atoms with van der Waals surface area (Å²) in [4.78, 5) is 12.4. The fraction of sp³-hybridized carbons (Fsp3) is 0.741. The standard InChI is InChI=1S/C27H42O14/c1-12(2)14-6-5-7-15(13(3)4)23(14)41-27(35)37-9-8-36-25-22(34)20(32)24(17(11-29)39-25)40-26-21(33)19(31)18(30)16(10-28)38-26/h5-7,12-13,16-22,24-26,28-34H,8-11H2,1-4H3/t16-,17-,18-,19+,20-,21-,22-,24?,25-,26-/m1/s1. The van der Waals surface area contributed by atoms with Crippen molar-refractivity contribution in [3.63, 3.8) is 0 Å². The first-order chi connectivity index (χ1) is 19.4. The van der Waals surface area contributed by atoms with E-state index in [-0.39, 0.29) is 25.0 Å². The number of carbonyl (C=O) groups excluding carboxylic acids is 1. The highest BCUT2D eigenvalue weighted by Gasteiger charge is 2.50. The van der Waals surface area contributed by atoms with Crippen molar-refractivity contribution in [1.29, 1.82) is 0 Å². The van der Waals surface area contributed by atoms with Crippen LogP contribution in [0.3, 0.4) is 0 Å². The third kappa shape index (κ3) is 7.91. The van der Waals surface area contributed by atoms with Gasteiger partial charge < -0.3 is 64.2 Å². The Bertz CT molecular complexity index is 943. The molecule has 3 rings (SSSR count). The second-order valence-electron chi connectivity index (χ2n) is 10.7. The summed E-state index contributed by atoms with van der Waals surface area (Å²) in [6.07, 6.45) is -16.6. The van der Waals surface area contributed by atoms with Gasteiger partial charge >= 0.3 is 6.16 Å². The lowest BCUT2D eigenvalue weighted by Crippen LogP contribution is -2.64. The molecule has 234 valence electrons. The SMILES string of the molecule is CC(C)c1cccc(C(C)C)c1OC(=O)OCCO[C@@H]1O[C@H](CO)C(O[C@H]2O[C@H](CO)[C@@H](O)[C@H](O)[C@H]2O)[C@H](O)[C@H]1O. The van der Waals surface area contributed by atoms with Crippen LogP contribution in [-0.2, 0) is 23.7 Å². The van der Waals surface area contributed by atoms with Gasteiger partial charge in [-0.15, -0.1) is 0 Å². The summed E-state index contributed by atoms with van der Waals surface area (Å²) in [5, 5.41) is 70.5. The number of aliphatic hydroxyl groups excluding tert-OH is 7. The summed E-state index contributed by atoms with van der Waals surface area (Å²) in [5.74, 6) is 0.641. The molecule has 2 aliphatic heterocycles. The van der Waals surface area contributed by atoms with Crippen molar-refractivity contribution >= 4 is 6.16 Å². The average molecular weight is 591 g/mol. The van der Waals surface area contributed by atoms with E-state index in [0.717, 1.165) is 11.1 Å². The molecule has 2 heterocycles. The second kappa shape index (κ2) is 15.0. The predicted molar refractivity (Wildman–Crippen MR) is 139 cm³/mol. The zero-order valence-electron chi connectivity index (χ0n) is 23.5. The summed E-state index contributed by atoms with van der Waals surface area (Å²) >= 11 is 0. The van der Waals surface area contributed by atoms with Crippen LogP contribution >= 0.6 is 0 Å². The van der Waals surface area contributed by atoms with E-state index >= 15 is 0 Å². The van der Waals surface area contributed by atoms with Crippen molar-refractivity contribution in [2.45, 2.75) is 101 Å². The van der Waals surface area contributed by atoms with Crippen molar-refractivity contribution in [1.82, 2.24) is 0 Å². The highest BCUT2D eigenvalue weighted by Crippen LogP contribution is 2.35. The van der Waals surface area contributed by atoms with Gasteiger partial charge in [-0.25, -0.2) is 4.79 Å². The molecule has 41 heavy (non-hydrogen) atoms. The van der Waals surface area contributed by atoms with Gasteiger partial charge in [0.1, 0.15) is 61.2 Å². The first kappa shape index (κ1) is 33.6. The van der Waals surface area contributed by atoms with Crippen molar-refractivity contribution in [2.24, 2.45) is 0 Å². The minimum atomic E-state index is -1.77. The van der Waals surface area contributed by atoms with E-state index < -0.39 is 80.8 Å². The molecule has 1 aromatic carbocycles. The molecule has 2 fully saturated rings. The minimum Gasteiger partial charge on any atom is -0.432 e. The van der Waals surface area contributed by atoms with Crippen LogP contribution in [0.4, 0.5) is 4.79 Å². The van der Waals surface area contributed by atoms with Crippen molar-refractivity contribution in [3.05, 3.63) is 29.3 Å². The Hall–Kier alpha value is -1.95. The van der Waals surface area contributed by atoms with E-state index in [4.69, 9.17) is 28.4 Å². The molecule has 2 aliphatic rings. The van der Waals surface area contributed by atoms with Crippen LogP contribution in [0.2, 0.25) is 0 Å². The molecule has 7 N–H and O–H groups in total. The Morgan fingerprint density at radius 2 is 1.34 bits per heavy atom. The average Bonchev–Trinajstić information content (AvgIpc) is 2.94. The molecule has 14 heteroatoms. The van der Waals surface area contributed by atoms with Gasteiger partial charge in [-0.05, 0) is 23.0 Å². The van der Waals surface area contributed by atoms with E-state index in [1.54, 1.807) is 0 Å². The molecule has 1 unspecified atom stereocenters. The summed E-state index contributed by atoms with van der Waals surface area (Å²) < 4.78 is 32.4. The van der Waals surface area contributed by atoms with Gasteiger partial charge in [0.25, 0.3) is 0 Å². The molecular formula is C27H42O14. The Morgan fingerprint density at radius 3 is 1.90 bits per heavy atom. The van der Waals surface area contributed by atoms with E-state index in [2.05, 4.69) is 0 Å². The number of hydrogen-bond acceptors (Lipinski definition) is 14. The Balaban J connectivity index is 1.54.